The Labute approximate surface area is 118 Å². The molecule has 0 unspecified atom stereocenters. The smallest absolute Gasteiger partial charge is 0.0634 e. The maximum Gasteiger partial charge on any atom is 0.0634 e. The van der Waals surface area contributed by atoms with Gasteiger partial charge < -0.3 is 0 Å². The van der Waals surface area contributed by atoms with Gasteiger partial charge >= 0.3 is 0 Å². The van der Waals surface area contributed by atoms with E-state index in [1.54, 1.807) is 4.68 Å². The second kappa shape index (κ2) is 5.77. The SMILES string of the molecule is Cn1ccc(CC(CCl)(CCl)c2ccccc2)n1. The molecule has 0 fully saturated rings. The van der Waals surface area contributed by atoms with E-state index in [0.717, 1.165) is 12.1 Å². The highest BCUT2D eigenvalue weighted by Crippen LogP contribution is 2.31. The van der Waals surface area contributed by atoms with Gasteiger partial charge in [0, 0.05) is 36.8 Å². The first-order chi connectivity index (χ1) is 8.70. The number of rotatable bonds is 5. The van der Waals surface area contributed by atoms with Gasteiger partial charge in [0.1, 0.15) is 0 Å². The van der Waals surface area contributed by atoms with Gasteiger partial charge in [0.2, 0.25) is 0 Å². The zero-order valence-electron chi connectivity index (χ0n) is 10.3. The van der Waals surface area contributed by atoms with Gasteiger partial charge in [-0.1, -0.05) is 30.3 Å². The monoisotopic (exact) mass is 282 g/mol. The molecule has 0 aliphatic heterocycles. The maximum atomic E-state index is 6.20. The van der Waals surface area contributed by atoms with E-state index in [4.69, 9.17) is 23.2 Å². The molecule has 0 aliphatic rings. The second-order valence-corrected chi connectivity index (χ2v) is 5.11. The zero-order chi connectivity index (χ0) is 13.0. The summed E-state index contributed by atoms with van der Waals surface area (Å²) in [6.07, 6.45) is 2.69. The predicted octanol–water partition coefficient (Wildman–Crippen LogP) is 3.38. The van der Waals surface area contributed by atoms with Gasteiger partial charge in [-0.15, -0.1) is 23.2 Å². The summed E-state index contributed by atoms with van der Waals surface area (Å²) in [4.78, 5) is 0. The Morgan fingerprint density at radius 1 is 1.11 bits per heavy atom. The Bertz CT molecular complexity index is 490. The number of benzene rings is 1. The molecule has 4 heteroatoms. The molecule has 0 saturated heterocycles. The molecule has 0 bridgehead atoms. The van der Waals surface area contributed by atoms with Crippen LogP contribution in [0.4, 0.5) is 0 Å². The maximum absolute atomic E-state index is 6.20. The topological polar surface area (TPSA) is 17.8 Å². The summed E-state index contributed by atoms with van der Waals surface area (Å²) in [6, 6.07) is 12.2. The predicted molar refractivity (Wildman–Crippen MR) is 76.5 cm³/mol. The Morgan fingerprint density at radius 2 is 1.78 bits per heavy atom. The van der Waals surface area contributed by atoms with Crippen molar-refractivity contribution in [2.45, 2.75) is 11.8 Å². The average Bonchev–Trinajstić information content (AvgIpc) is 2.82. The Hall–Kier alpha value is -0.990. The quantitative estimate of drug-likeness (QED) is 0.769. The minimum atomic E-state index is -0.251. The van der Waals surface area contributed by atoms with Crippen LogP contribution in [0.25, 0.3) is 0 Å². The average molecular weight is 283 g/mol. The molecule has 1 aromatic carbocycles. The van der Waals surface area contributed by atoms with Crippen molar-refractivity contribution in [2.24, 2.45) is 7.05 Å². The Morgan fingerprint density at radius 3 is 2.28 bits per heavy atom. The van der Waals surface area contributed by atoms with Gasteiger partial charge in [0.15, 0.2) is 0 Å². The molecule has 0 saturated carbocycles. The van der Waals surface area contributed by atoms with E-state index >= 15 is 0 Å². The van der Waals surface area contributed by atoms with Crippen LogP contribution in [0.1, 0.15) is 11.3 Å². The molecular weight excluding hydrogens is 267 g/mol. The molecule has 2 rings (SSSR count). The minimum absolute atomic E-state index is 0.251. The molecule has 1 heterocycles. The lowest BCUT2D eigenvalue weighted by molar-refractivity contribution is 0.524. The first kappa shape index (κ1) is 13.4. The molecule has 2 nitrogen and oxygen atoms in total. The molecule has 18 heavy (non-hydrogen) atoms. The van der Waals surface area contributed by atoms with E-state index in [2.05, 4.69) is 17.2 Å². The van der Waals surface area contributed by atoms with Crippen LogP contribution in [0.3, 0.4) is 0 Å². The fourth-order valence-electron chi connectivity index (χ4n) is 2.08. The molecule has 1 aromatic heterocycles. The second-order valence-electron chi connectivity index (χ2n) is 4.57. The lowest BCUT2D eigenvalue weighted by Gasteiger charge is -2.29. The van der Waals surface area contributed by atoms with Crippen molar-refractivity contribution in [3.8, 4) is 0 Å². The molecule has 0 radical (unpaired) electrons. The van der Waals surface area contributed by atoms with Crippen molar-refractivity contribution in [1.82, 2.24) is 9.78 Å². The lowest BCUT2D eigenvalue weighted by atomic mass is 9.80. The van der Waals surface area contributed by atoms with Gasteiger partial charge in [0.05, 0.1) is 5.69 Å². The number of aromatic nitrogens is 2. The zero-order valence-corrected chi connectivity index (χ0v) is 11.8. The van der Waals surface area contributed by atoms with Crippen molar-refractivity contribution in [3.05, 3.63) is 53.9 Å². The highest BCUT2D eigenvalue weighted by Gasteiger charge is 2.31. The van der Waals surface area contributed by atoms with Crippen LogP contribution in [0.15, 0.2) is 42.6 Å². The van der Waals surface area contributed by atoms with Crippen molar-refractivity contribution >= 4 is 23.2 Å². The first-order valence-electron chi connectivity index (χ1n) is 5.86. The summed E-state index contributed by atoms with van der Waals surface area (Å²) in [5, 5.41) is 4.42. The summed E-state index contributed by atoms with van der Waals surface area (Å²) < 4.78 is 1.80. The normalized spacial score (nSPS) is 11.7. The summed E-state index contributed by atoms with van der Waals surface area (Å²) in [7, 11) is 1.91. The van der Waals surface area contributed by atoms with Crippen LogP contribution < -0.4 is 0 Å². The van der Waals surface area contributed by atoms with Crippen LogP contribution in [-0.4, -0.2) is 21.5 Å². The number of halogens is 2. The van der Waals surface area contributed by atoms with Crippen LogP contribution in [0.2, 0.25) is 0 Å². The summed E-state index contributed by atoms with van der Waals surface area (Å²) in [5.74, 6) is 0.966. The van der Waals surface area contributed by atoms with Crippen LogP contribution in [0.5, 0.6) is 0 Å². The highest BCUT2D eigenvalue weighted by atomic mass is 35.5. The van der Waals surface area contributed by atoms with Gasteiger partial charge in [-0.3, -0.25) is 4.68 Å². The van der Waals surface area contributed by atoms with E-state index in [0.29, 0.717) is 11.8 Å². The standard InChI is InChI=1S/C14H16Cl2N2/c1-18-8-7-13(17-18)9-14(10-15,11-16)12-5-3-2-4-6-12/h2-8H,9-11H2,1H3. The molecule has 0 aliphatic carbocycles. The number of alkyl halides is 2. The van der Waals surface area contributed by atoms with Crippen molar-refractivity contribution in [1.29, 1.82) is 0 Å². The third kappa shape index (κ3) is 2.70. The van der Waals surface area contributed by atoms with E-state index in [9.17, 15) is 0 Å². The molecule has 2 aromatic rings. The van der Waals surface area contributed by atoms with E-state index in [1.165, 1.54) is 5.56 Å². The van der Waals surface area contributed by atoms with Gasteiger partial charge in [-0.25, -0.2) is 0 Å². The molecular formula is C14H16Cl2N2. The fourth-order valence-corrected chi connectivity index (χ4v) is 2.87. The molecule has 0 atom stereocenters. The molecule has 96 valence electrons. The van der Waals surface area contributed by atoms with E-state index in [-0.39, 0.29) is 5.41 Å². The Balaban J connectivity index is 2.32. The largest absolute Gasteiger partial charge is 0.276 e. The number of hydrogen-bond donors (Lipinski definition) is 0. The van der Waals surface area contributed by atoms with Crippen molar-refractivity contribution in [2.75, 3.05) is 11.8 Å². The summed E-state index contributed by atoms with van der Waals surface area (Å²) in [6.45, 7) is 0. The van der Waals surface area contributed by atoms with E-state index < -0.39 is 0 Å². The van der Waals surface area contributed by atoms with Crippen LogP contribution >= 0.6 is 23.2 Å². The van der Waals surface area contributed by atoms with Crippen LogP contribution in [0, 0.1) is 0 Å². The van der Waals surface area contributed by atoms with Gasteiger partial charge in [-0.2, -0.15) is 5.10 Å². The summed E-state index contributed by atoms with van der Waals surface area (Å²) in [5.41, 5.74) is 1.93. The third-order valence-electron chi connectivity index (χ3n) is 3.19. The molecule has 0 N–H and O–H groups in total. The van der Waals surface area contributed by atoms with Gasteiger partial charge in [0.25, 0.3) is 0 Å². The van der Waals surface area contributed by atoms with Gasteiger partial charge in [-0.05, 0) is 11.6 Å². The van der Waals surface area contributed by atoms with E-state index in [1.807, 2.05) is 37.5 Å². The van der Waals surface area contributed by atoms with Crippen molar-refractivity contribution in [3.63, 3.8) is 0 Å². The number of hydrogen-bond acceptors (Lipinski definition) is 1. The Kier molecular flexibility index (Phi) is 4.31. The third-order valence-corrected chi connectivity index (χ3v) is 4.21. The summed E-state index contributed by atoms with van der Waals surface area (Å²) >= 11 is 12.4. The van der Waals surface area contributed by atoms with Crippen LogP contribution in [-0.2, 0) is 18.9 Å². The first-order valence-corrected chi connectivity index (χ1v) is 6.93. The lowest BCUT2D eigenvalue weighted by Crippen LogP contribution is -2.33. The fraction of sp³-hybridized carbons (Fsp3) is 0.357. The number of nitrogens with zero attached hydrogens (tertiary/aromatic N) is 2. The van der Waals surface area contributed by atoms with Crippen molar-refractivity contribution < 1.29 is 0 Å². The minimum Gasteiger partial charge on any atom is -0.276 e. The molecule has 0 spiro atoms. The molecule has 0 amide bonds. The highest BCUT2D eigenvalue weighted by molar-refractivity contribution is 6.22. The number of aryl methyl sites for hydroxylation is 1.